The molecule has 0 unspecified atom stereocenters. The smallest absolute Gasteiger partial charge is 0.210 e. The summed E-state index contributed by atoms with van der Waals surface area (Å²) >= 11 is 2.81. The monoisotopic (exact) mass is 371 g/mol. The van der Waals surface area contributed by atoms with E-state index in [-0.39, 0.29) is 5.78 Å². The van der Waals surface area contributed by atoms with Gasteiger partial charge < -0.3 is 10.1 Å². The zero-order chi connectivity index (χ0) is 17.6. The van der Waals surface area contributed by atoms with Crippen molar-refractivity contribution in [3.63, 3.8) is 0 Å². The van der Waals surface area contributed by atoms with Crippen molar-refractivity contribution >= 4 is 39.7 Å². The first-order valence-corrected chi connectivity index (χ1v) is 9.41. The third kappa shape index (κ3) is 4.80. The maximum absolute atomic E-state index is 12.2. The minimum Gasteiger partial charge on any atom is -0.497 e. The summed E-state index contributed by atoms with van der Waals surface area (Å²) in [5.41, 5.74) is 2.74. The molecule has 0 saturated heterocycles. The van der Waals surface area contributed by atoms with E-state index in [4.69, 9.17) is 4.74 Å². The van der Waals surface area contributed by atoms with E-state index in [2.05, 4.69) is 15.5 Å². The molecule has 0 aliphatic heterocycles. The summed E-state index contributed by atoms with van der Waals surface area (Å²) in [4.78, 5) is 12.2. The quantitative estimate of drug-likeness (QED) is 0.485. The third-order valence-electron chi connectivity index (χ3n) is 3.43. The number of anilines is 2. The second-order valence-electron chi connectivity index (χ2n) is 5.31. The van der Waals surface area contributed by atoms with Crippen LogP contribution in [-0.2, 0) is 0 Å². The number of rotatable bonds is 7. The van der Waals surface area contributed by atoms with Gasteiger partial charge >= 0.3 is 0 Å². The summed E-state index contributed by atoms with van der Waals surface area (Å²) in [5, 5.41) is 12.1. The SMILES string of the molecule is COc1cccc(Nc2nnc(SCC(=O)c3ccc(C)cc3)s2)c1. The van der Waals surface area contributed by atoms with Gasteiger partial charge in [0.25, 0.3) is 0 Å². The van der Waals surface area contributed by atoms with Gasteiger partial charge in [0, 0.05) is 17.3 Å². The number of ether oxygens (including phenoxy) is 1. The van der Waals surface area contributed by atoms with Crippen molar-refractivity contribution in [1.29, 1.82) is 0 Å². The summed E-state index contributed by atoms with van der Waals surface area (Å²) in [6, 6.07) is 15.2. The number of nitrogens with zero attached hydrogens (tertiary/aromatic N) is 2. The van der Waals surface area contributed by atoms with Gasteiger partial charge in [-0.2, -0.15) is 0 Å². The van der Waals surface area contributed by atoms with Crippen LogP contribution >= 0.6 is 23.1 Å². The maximum atomic E-state index is 12.2. The van der Waals surface area contributed by atoms with Gasteiger partial charge in [-0.1, -0.05) is 59.0 Å². The van der Waals surface area contributed by atoms with Gasteiger partial charge in [-0.25, -0.2) is 0 Å². The summed E-state index contributed by atoms with van der Waals surface area (Å²) in [6.45, 7) is 2.00. The molecule has 5 nitrogen and oxygen atoms in total. The molecule has 128 valence electrons. The van der Waals surface area contributed by atoms with E-state index >= 15 is 0 Å². The molecule has 7 heteroatoms. The Balaban J connectivity index is 1.58. The van der Waals surface area contributed by atoms with E-state index in [1.807, 2.05) is 55.5 Å². The number of carbonyl (C=O) groups is 1. The molecule has 0 amide bonds. The molecule has 2 aromatic carbocycles. The molecule has 0 bridgehead atoms. The fraction of sp³-hybridized carbons (Fsp3) is 0.167. The molecule has 0 spiro atoms. The molecule has 0 aliphatic carbocycles. The Morgan fingerprint density at radius 1 is 1.20 bits per heavy atom. The molecule has 1 N–H and O–H groups in total. The number of carbonyl (C=O) groups excluding carboxylic acids is 1. The first-order valence-electron chi connectivity index (χ1n) is 7.61. The molecular weight excluding hydrogens is 354 g/mol. The third-order valence-corrected chi connectivity index (χ3v) is 5.40. The molecule has 1 aromatic heterocycles. The first-order chi connectivity index (χ1) is 12.1. The molecule has 0 aliphatic rings. The zero-order valence-corrected chi connectivity index (χ0v) is 15.5. The predicted octanol–water partition coefficient (Wildman–Crippen LogP) is 4.57. The highest BCUT2D eigenvalue weighted by Gasteiger charge is 2.10. The molecule has 3 aromatic rings. The van der Waals surface area contributed by atoms with Crippen LogP contribution in [-0.4, -0.2) is 28.8 Å². The van der Waals surface area contributed by atoms with Gasteiger partial charge in [-0.3, -0.25) is 4.79 Å². The van der Waals surface area contributed by atoms with Gasteiger partial charge in [0.05, 0.1) is 12.9 Å². The molecule has 0 fully saturated rings. The van der Waals surface area contributed by atoms with Crippen molar-refractivity contribution in [3.05, 3.63) is 59.7 Å². The number of aryl methyl sites for hydroxylation is 1. The highest BCUT2D eigenvalue weighted by atomic mass is 32.2. The zero-order valence-electron chi connectivity index (χ0n) is 13.9. The van der Waals surface area contributed by atoms with Gasteiger partial charge in [-0.05, 0) is 19.1 Å². The lowest BCUT2D eigenvalue weighted by atomic mass is 10.1. The van der Waals surface area contributed by atoms with Crippen molar-refractivity contribution in [2.75, 3.05) is 18.2 Å². The number of Topliss-reactive ketones (excluding diaryl/α,β-unsaturated/α-hetero) is 1. The van der Waals surface area contributed by atoms with E-state index < -0.39 is 0 Å². The number of aromatic nitrogens is 2. The van der Waals surface area contributed by atoms with Crippen molar-refractivity contribution in [1.82, 2.24) is 10.2 Å². The minimum absolute atomic E-state index is 0.0857. The lowest BCUT2D eigenvalue weighted by molar-refractivity contribution is 0.102. The first kappa shape index (κ1) is 17.4. The van der Waals surface area contributed by atoms with E-state index in [1.54, 1.807) is 7.11 Å². The molecule has 0 radical (unpaired) electrons. The van der Waals surface area contributed by atoms with Crippen molar-refractivity contribution in [3.8, 4) is 5.75 Å². The van der Waals surface area contributed by atoms with Crippen LogP contribution in [0, 0.1) is 6.92 Å². The number of nitrogens with one attached hydrogen (secondary N) is 1. The van der Waals surface area contributed by atoms with Crippen LogP contribution in [0.15, 0.2) is 52.9 Å². The fourth-order valence-corrected chi connectivity index (χ4v) is 3.76. The molecule has 0 atom stereocenters. The number of hydrogen-bond donors (Lipinski definition) is 1. The van der Waals surface area contributed by atoms with Crippen LogP contribution in [0.4, 0.5) is 10.8 Å². The Labute approximate surface area is 154 Å². The lowest BCUT2D eigenvalue weighted by Crippen LogP contribution is -2.01. The highest BCUT2D eigenvalue weighted by molar-refractivity contribution is 8.01. The van der Waals surface area contributed by atoms with Crippen molar-refractivity contribution in [2.24, 2.45) is 0 Å². The molecule has 1 heterocycles. The summed E-state index contributed by atoms with van der Waals surface area (Å²) in [7, 11) is 1.63. The largest absolute Gasteiger partial charge is 0.497 e. The van der Waals surface area contributed by atoms with E-state index in [0.717, 1.165) is 26.9 Å². The average Bonchev–Trinajstić information content (AvgIpc) is 3.08. The van der Waals surface area contributed by atoms with Crippen LogP contribution in [0.25, 0.3) is 0 Å². The van der Waals surface area contributed by atoms with E-state index in [9.17, 15) is 4.79 Å². The minimum atomic E-state index is 0.0857. The highest BCUT2D eigenvalue weighted by Crippen LogP contribution is 2.29. The predicted molar refractivity (Wildman–Crippen MR) is 102 cm³/mol. The van der Waals surface area contributed by atoms with Gasteiger partial charge in [0.2, 0.25) is 5.13 Å². The summed E-state index contributed by atoms with van der Waals surface area (Å²) in [6.07, 6.45) is 0. The topological polar surface area (TPSA) is 64.1 Å². The number of ketones is 1. The van der Waals surface area contributed by atoms with Crippen LogP contribution in [0.2, 0.25) is 0 Å². The Hall–Kier alpha value is -2.38. The van der Waals surface area contributed by atoms with Gasteiger partial charge in [0.15, 0.2) is 10.1 Å². The second kappa shape index (κ2) is 8.13. The van der Waals surface area contributed by atoms with E-state index in [0.29, 0.717) is 10.9 Å². The number of thioether (sulfide) groups is 1. The maximum Gasteiger partial charge on any atom is 0.210 e. The Kier molecular flexibility index (Phi) is 5.67. The Morgan fingerprint density at radius 2 is 2.00 bits per heavy atom. The van der Waals surface area contributed by atoms with Gasteiger partial charge in [0.1, 0.15) is 5.75 Å². The number of hydrogen-bond acceptors (Lipinski definition) is 7. The fourth-order valence-electron chi connectivity index (χ4n) is 2.09. The lowest BCUT2D eigenvalue weighted by Gasteiger charge is -2.04. The van der Waals surface area contributed by atoms with Crippen LogP contribution in [0.1, 0.15) is 15.9 Å². The summed E-state index contributed by atoms with van der Waals surface area (Å²) in [5.74, 6) is 1.20. The standard InChI is InChI=1S/C18H17N3O2S2/c1-12-6-8-13(9-7-12)16(22)11-24-18-21-20-17(25-18)19-14-4-3-5-15(10-14)23-2/h3-10H,11H2,1-2H3,(H,19,20). The van der Waals surface area contributed by atoms with Crippen LogP contribution in [0.3, 0.4) is 0 Å². The molecule has 3 rings (SSSR count). The Bertz CT molecular complexity index is 863. The molecular formula is C18H17N3O2S2. The second-order valence-corrected chi connectivity index (χ2v) is 7.51. The van der Waals surface area contributed by atoms with Crippen molar-refractivity contribution in [2.45, 2.75) is 11.3 Å². The van der Waals surface area contributed by atoms with Crippen LogP contribution < -0.4 is 10.1 Å². The van der Waals surface area contributed by atoms with E-state index in [1.165, 1.54) is 23.1 Å². The number of methoxy groups -OCH3 is 1. The average molecular weight is 371 g/mol. The summed E-state index contributed by atoms with van der Waals surface area (Å²) < 4.78 is 5.95. The normalized spacial score (nSPS) is 10.5. The van der Waals surface area contributed by atoms with Crippen molar-refractivity contribution < 1.29 is 9.53 Å². The Morgan fingerprint density at radius 3 is 2.76 bits per heavy atom. The van der Waals surface area contributed by atoms with Gasteiger partial charge in [-0.15, -0.1) is 10.2 Å². The number of benzene rings is 2. The molecule has 0 saturated carbocycles. The van der Waals surface area contributed by atoms with Crippen LogP contribution in [0.5, 0.6) is 5.75 Å². The molecule has 25 heavy (non-hydrogen) atoms.